The SMILES string of the molecule is Nc1cccc(Cl)c1NC(=O)C1Cc2ccccc2C1. The largest absolute Gasteiger partial charge is 0.397 e. The molecule has 0 radical (unpaired) electrons. The molecule has 4 heteroatoms. The molecule has 3 rings (SSSR count). The van der Waals surface area contributed by atoms with Crippen molar-refractivity contribution in [2.45, 2.75) is 12.8 Å². The van der Waals surface area contributed by atoms with Crippen LogP contribution in [0.1, 0.15) is 11.1 Å². The molecule has 0 spiro atoms. The number of nitrogens with two attached hydrogens (primary N) is 1. The van der Waals surface area contributed by atoms with E-state index in [0.29, 0.717) is 16.4 Å². The summed E-state index contributed by atoms with van der Waals surface area (Å²) in [7, 11) is 0. The zero-order chi connectivity index (χ0) is 14.1. The van der Waals surface area contributed by atoms with Gasteiger partial charge in [-0.25, -0.2) is 0 Å². The number of nitrogen functional groups attached to an aromatic ring is 1. The third kappa shape index (κ3) is 2.37. The van der Waals surface area contributed by atoms with Crippen LogP contribution in [0, 0.1) is 5.92 Å². The molecule has 0 saturated carbocycles. The van der Waals surface area contributed by atoms with E-state index in [1.54, 1.807) is 18.2 Å². The van der Waals surface area contributed by atoms with Crippen LogP contribution in [-0.2, 0) is 17.6 Å². The van der Waals surface area contributed by atoms with Crippen molar-refractivity contribution in [1.29, 1.82) is 0 Å². The second-order valence-electron chi connectivity index (χ2n) is 5.07. The average molecular weight is 287 g/mol. The number of para-hydroxylation sites is 1. The summed E-state index contributed by atoms with van der Waals surface area (Å²) in [5.74, 6) is -0.0796. The fourth-order valence-electron chi connectivity index (χ4n) is 2.64. The molecule has 2 aromatic carbocycles. The van der Waals surface area contributed by atoms with Gasteiger partial charge in [0.15, 0.2) is 0 Å². The van der Waals surface area contributed by atoms with E-state index in [-0.39, 0.29) is 11.8 Å². The molecule has 0 heterocycles. The normalized spacial score (nSPS) is 14.1. The number of halogens is 1. The second-order valence-corrected chi connectivity index (χ2v) is 5.47. The van der Waals surface area contributed by atoms with Gasteiger partial charge in [-0.3, -0.25) is 4.79 Å². The number of nitrogens with one attached hydrogen (secondary N) is 1. The van der Waals surface area contributed by atoms with Gasteiger partial charge in [0, 0.05) is 5.92 Å². The zero-order valence-corrected chi connectivity index (χ0v) is 11.7. The van der Waals surface area contributed by atoms with Crippen LogP contribution in [0.15, 0.2) is 42.5 Å². The van der Waals surface area contributed by atoms with Crippen LogP contribution in [0.2, 0.25) is 5.02 Å². The molecule has 1 amide bonds. The summed E-state index contributed by atoms with van der Waals surface area (Å²) in [6.07, 6.45) is 1.54. The van der Waals surface area contributed by atoms with Crippen LogP contribution < -0.4 is 11.1 Å². The molecule has 1 aliphatic rings. The van der Waals surface area contributed by atoms with E-state index in [1.165, 1.54) is 11.1 Å². The van der Waals surface area contributed by atoms with Crippen LogP contribution in [0.25, 0.3) is 0 Å². The molecular formula is C16H15ClN2O. The Labute approximate surface area is 122 Å². The van der Waals surface area contributed by atoms with E-state index in [9.17, 15) is 4.79 Å². The topological polar surface area (TPSA) is 55.1 Å². The number of fused-ring (bicyclic) bond motifs is 1. The van der Waals surface area contributed by atoms with Gasteiger partial charge in [-0.1, -0.05) is 41.9 Å². The lowest BCUT2D eigenvalue weighted by Crippen LogP contribution is -2.23. The highest BCUT2D eigenvalue weighted by molar-refractivity contribution is 6.34. The first-order valence-corrected chi connectivity index (χ1v) is 6.94. The predicted octanol–water partition coefficient (Wildman–Crippen LogP) is 3.28. The van der Waals surface area contributed by atoms with Crippen molar-refractivity contribution in [1.82, 2.24) is 0 Å². The summed E-state index contributed by atoms with van der Waals surface area (Å²) in [6.45, 7) is 0. The van der Waals surface area contributed by atoms with Crippen molar-refractivity contribution in [3.05, 3.63) is 58.6 Å². The molecule has 0 bridgehead atoms. The lowest BCUT2D eigenvalue weighted by molar-refractivity contribution is -0.119. The molecule has 20 heavy (non-hydrogen) atoms. The van der Waals surface area contributed by atoms with E-state index < -0.39 is 0 Å². The van der Waals surface area contributed by atoms with E-state index in [2.05, 4.69) is 17.4 Å². The zero-order valence-electron chi connectivity index (χ0n) is 10.9. The Bertz CT molecular complexity index is 624. The van der Waals surface area contributed by atoms with E-state index in [1.807, 2.05) is 12.1 Å². The molecule has 0 fully saturated rings. The first kappa shape index (κ1) is 13.0. The fraction of sp³-hybridized carbons (Fsp3) is 0.188. The highest BCUT2D eigenvalue weighted by Crippen LogP contribution is 2.31. The molecule has 3 nitrogen and oxygen atoms in total. The van der Waals surface area contributed by atoms with Gasteiger partial charge in [-0.05, 0) is 36.1 Å². The summed E-state index contributed by atoms with van der Waals surface area (Å²) in [4.78, 5) is 12.4. The Morgan fingerprint density at radius 3 is 2.35 bits per heavy atom. The maximum atomic E-state index is 12.4. The number of amides is 1. The van der Waals surface area contributed by atoms with Gasteiger partial charge in [-0.15, -0.1) is 0 Å². The minimum atomic E-state index is -0.0527. The van der Waals surface area contributed by atoms with Gasteiger partial charge in [0.25, 0.3) is 0 Å². The van der Waals surface area contributed by atoms with Crippen LogP contribution in [-0.4, -0.2) is 5.91 Å². The van der Waals surface area contributed by atoms with Crippen LogP contribution in [0.4, 0.5) is 11.4 Å². The van der Waals surface area contributed by atoms with Crippen LogP contribution >= 0.6 is 11.6 Å². The number of hydrogen-bond acceptors (Lipinski definition) is 2. The van der Waals surface area contributed by atoms with Crippen LogP contribution in [0.3, 0.4) is 0 Å². The number of carbonyl (C=O) groups is 1. The van der Waals surface area contributed by atoms with Crippen molar-refractivity contribution >= 4 is 28.9 Å². The molecule has 0 aromatic heterocycles. The lowest BCUT2D eigenvalue weighted by Gasteiger charge is -2.13. The number of anilines is 2. The Balaban J connectivity index is 1.76. The standard InChI is InChI=1S/C16H15ClN2O/c17-13-6-3-7-14(18)15(13)19-16(20)12-8-10-4-1-2-5-11(10)9-12/h1-7,12H,8-9,18H2,(H,19,20). The quantitative estimate of drug-likeness (QED) is 0.833. The van der Waals surface area contributed by atoms with E-state index >= 15 is 0 Å². The molecule has 0 unspecified atom stereocenters. The minimum Gasteiger partial charge on any atom is -0.397 e. The fourth-order valence-corrected chi connectivity index (χ4v) is 2.87. The van der Waals surface area contributed by atoms with Gasteiger partial charge in [-0.2, -0.15) is 0 Å². The van der Waals surface area contributed by atoms with Crippen molar-refractivity contribution < 1.29 is 4.79 Å². The highest BCUT2D eigenvalue weighted by atomic mass is 35.5. The Kier molecular flexibility index (Phi) is 3.36. The predicted molar refractivity (Wildman–Crippen MR) is 81.8 cm³/mol. The molecule has 0 atom stereocenters. The van der Waals surface area contributed by atoms with Gasteiger partial charge in [0.05, 0.1) is 16.4 Å². The summed E-state index contributed by atoms with van der Waals surface area (Å²) >= 11 is 6.07. The number of hydrogen-bond donors (Lipinski definition) is 2. The van der Waals surface area contributed by atoms with E-state index in [0.717, 1.165) is 12.8 Å². The maximum Gasteiger partial charge on any atom is 0.228 e. The summed E-state index contributed by atoms with van der Waals surface area (Å²) in [5, 5.41) is 3.33. The van der Waals surface area contributed by atoms with Crippen molar-refractivity contribution in [3.8, 4) is 0 Å². The summed E-state index contributed by atoms with van der Waals surface area (Å²) < 4.78 is 0. The average Bonchev–Trinajstić information content (AvgIpc) is 2.87. The van der Waals surface area contributed by atoms with E-state index in [4.69, 9.17) is 17.3 Å². The van der Waals surface area contributed by atoms with Gasteiger partial charge < -0.3 is 11.1 Å². The Morgan fingerprint density at radius 1 is 1.10 bits per heavy atom. The monoisotopic (exact) mass is 286 g/mol. The van der Waals surface area contributed by atoms with Crippen molar-refractivity contribution in [2.24, 2.45) is 5.92 Å². The highest BCUT2D eigenvalue weighted by Gasteiger charge is 2.27. The molecule has 2 aromatic rings. The van der Waals surface area contributed by atoms with Gasteiger partial charge in [0.1, 0.15) is 0 Å². The minimum absolute atomic E-state index is 0.0269. The molecule has 0 aliphatic heterocycles. The number of carbonyl (C=O) groups excluding carboxylic acids is 1. The molecule has 0 saturated heterocycles. The number of benzene rings is 2. The molecule has 3 N–H and O–H groups in total. The smallest absolute Gasteiger partial charge is 0.228 e. The number of rotatable bonds is 2. The maximum absolute atomic E-state index is 12.4. The van der Waals surface area contributed by atoms with Crippen molar-refractivity contribution in [2.75, 3.05) is 11.1 Å². The Hall–Kier alpha value is -2.00. The summed E-state index contributed by atoms with van der Waals surface area (Å²) in [5.41, 5.74) is 9.35. The van der Waals surface area contributed by atoms with Gasteiger partial charge in [0.2, 0.25) is 5.91 Å². The third-order valence-corrected chi connectivity index (χ3v) is 4.03. The van der Waals surface area contributed by atoms with Crippen molar-refractivity contribution in [3.63, 3.8) is 0 Å². The first-order valence-electron chi connectivity index (χ1n) is 6.57. The molecule has 1 aliphatic carbocycles. The first-order chi connectivity index (χ1) is 9.65. The Morgan fingerprint density at radius 2 is 1.75 bits per heavy atom. The summed E-state index contributed by atoms with van der Waals surface area (Å²) in [6, 6.07) is 13.4. The van der Waals surface area contributed by atoms with Gasteiger partial charge >= 0.3 is 0 Å². The molecular weight excluding hydrogens is 272 g/mol. The lowest BCUT2D eigenvalue weighted by atomic mass is 10.1. The third-order valence-electron chi connectivity index (χ3n) is 3.72. The molecule has 102 valence electrons. The van der Waals surface area contributed by atoms with Crippen LogP contribution in [0.5, 0.6) is 0 Å². The second kappa shape index (κ2) is 5.17.